The maximum Gasteiger partial charge on any atom is 0.130 e. The van der Waals surface area contributed by atoms with Crippen molar-refractivity contribution in [2.45, 2.75) is 32.8 Å². The lowest BCUT2D eigenvalue weighted by atomic mass is 9.87. The Balaban J connectivity index is 1.65. The van der Waals surface area contributed by atoms with Gasteiger partial charge in [0.2, 0.25) is 0 Å². The highest BCUT2D eigenvalue weighted by Gasteiger charge is 2.13. The fourth-order valence-electron chi connectivity index (χ4n) is 2.49. The molecule has 0 saturated carbocycles. The van der Waals surface area contributed by atoms with Gasteiger partial charge in [-0.1, -0.05) is 45.0 Å². The Morgan fingerprint density at radius 2 is 1.79 bits per heavy atom. The standard InChI is InChI=1S/C20H23N3O/c1-20(2,3)15-7-9-18(10-8-15)24-13-17-12-19(23-22-17)14-5-4-6-16(21)11-14/h4-12H,13,21H2,1-3H3,(H,22,23). The first-order chi connectivity index (χ1) is 11.4. The average molecular weight is 321 g/mol. The van der Waals surface area contributed by atoms with E-state index in [1.807, 2.05) is 42.5 Å². The van der Waals surface area contributed by atoms with Gasteiger partial charge >= 0.3 is 0 Å². The number of H-pyrrole nitrogens is 1. The minimum Gasteiger partial charge on any atom is -0.487 e. The predicted molar refractivity (Wildman–Crippen MR) is 97.9 cm³/mol. The van der Waals surface area contributed by atoms with Crippen LogP contribution in [0.5, 0.6) is 5.75 Å². The van der Waals surface area contributed by atoms with Crippen molar-refractivity contribution in [2.75, 3.05) is 5.73 Å². The first-order valence-electron chi connectivity index (χ1n) is 8.05. The second kappa shape index (κ2) is 6.40. The second-order valence-corrected chi connectivity index (χ2v) is 6.97. The van der Waals surface area contributed by atoms with Crippen LogP contribution in [0.3, 0.4) is 0 Å². The number of nitrogens with one attached hydrogen (secondary N) is 1. The lowest BCUT2D eigenvalue weighted by Gasteiger charge is -2.19. The quantitative estimate of drug-likeness (QED) is 0.694. The average Bonchev–Trinajstić information content (AvgIpc) is 3.01. The number of aromatic amines is 1. The van der Waals surface area contributed by atoms with Crippen molar-refractivity contribution < 1.29 is 4.74 Å². The Bertz CT molecular complexity index is 813. The van der Waals surface area contributed by atoms with Crippen molar-refractivity contribution in [1.29, 1.82) is 0 Å². The van der Waals surface area contributed by atoms with E-state index in [2.05, 4.69) is 43.1 Å². The lowest BCUT2D eigenvalue weighted by Crippen LogP contribution is -2.10. The van der Waals surface area contributed by atoms with E-state index in [-0.39, 0.29) is 5.41 Å². The van der Waals surface area contributed by atoms with Gasteiger partial charge in [0.15, 0.2) is 0 Å². The third-order valence-corrected chi connectivity index (χ3v) is 3.93. The van der Waals surface area contributed by atoms with Gasteiger partial charge in [-0.3, -0.25) is 5.10 Å². The second-order valence-electron chi connectivity index (χ2n) is 6.97. The summed E-state index contributed by atoms with van der Waals surface area (Å²) >= 11 is 0. The molecule has 0 amide bonds. The zero-order chi connectivity index (χ0) is 17.2. The van der Waals surface area contributed by atoms with E-state index in [0.717, 1.165) is 28.4 Å². The van der Waals surface area contributed by atoms with Crippen molar-refractivity contribution in [3.63, 3.8) is 0 Å². The Morgan fingerprint density at radius 3 is 2.46 bits per heavy atom. The molecule has 124 valence electrons. The molecule has 0 aliphatic heterocycles. The monoisotopic (exact) mass is 321 g/mol. The Hall–Kier alpha value is -2.75. The van der Waals surface area contributed by atoms with Gasteiger partial charge in [-0.15, -0.1) is 0 Å². The first kappa shape index (κ1) is 16.1. The predicted octanol–water partition coefficient (Wildman–Crippen LogP) is 4.54. The van der Waals surface area contributed by atoms with Crippen LogP contribution in [-0.4, -0.2) is 10.2 Å². The van der Waals surface area contributed by atoms with Crippen molar-refractivity contribution >= 4 is 5.69 Å². The van der Waals surface area contributed by atoms with Crippen molar-refractivity contribution in [3.8, 4) is 17.0 Å². The molecule has 0 aliphatic rings. The molecule has 0 atom stereocenters. The largest absolute Gasteiger partial charge is 0.487 e. The molecule has 0 spiro atoms. The molecule has 4 heteroatoms. The van der Waals surface area contributed by atoms with Crippen LogP contribution in [-0.2, 0) is 12.0 Å². The maximum atomic E-state index is 5.84. The van der Waals surface area contributed by atoms with E-state index >= 15 is 0 Å². The molecule has 0 unspecified atom stereocenters. The van der Waals surface area contributed by atoms with Crippen molar-refractivity contribution in [1.82, 2.24) is 10.2 Å². The number of nitrogens with zero attached hydrogens (tertiary/aromatic N) is 1. The number of hydrogen-bond donors (Lipinski definition) is 2. The normalized spacial score (nSPS) is 11.5. The number of nitrogens with two attached hydrogens (primary N) is 1. The van der Waals surface area contributed by atoms with Crippen LogP contribution < -0.4 is 10.5 Å². The number of benzene rings is 2. The van der Waals surface area contributed by atoms with E-state index in [4.69, 9.17) is 10.5 Å². The zero-order valence-electron chi connectivity index (χ0n) is 14.3. The molecule has 0 radical (unpaired) electrons. The van der Waals surface area contributed by atoms with Gasteiger partial charge in [0.05, 0.1) is 11.4 Å². The number of ether oxygens (including phenoxy) is 1. The number of rotatable bonds is 4. The molecular weight excluding hydrogens is 298 g/mol. The molecular formula is C20H23N3O. The van der Waals surface area contributed by atoms with Gasteiger partial charge in [0, 0.05) is 11.3 Å². The third-order valence-electron chi connectivity index (χ3n) is 3.93. The van der Waals surface area contributed by atoms with Gasteiger partial charge in [-0.25, -0.2) is 0 Å². The summed E-state index contributed by atoms with van der Waals surface area (Å²) in [6.07, 6.45) is 0. The minimum atomic E-state index is 0.147. The molecule has 0 saturated heterocycles. The first-order valence-corrected chi connectivity index (χ1v) is 8.05. The summed E-state index contributed by atoms with van der Waals surface area (Å²) in [6, 6.07) is 17.9. The van der Waals surface area contributed by atoms with Gasteiger partial charge < -0.3 is 10.5 Å². The number of anilines is 1. The van der Waals surface area contributed by atoms with E-state index in [0.29, 0.717) is 6.61 Å². The molecule has 4 nitrogen and oxygen atoms in total. The van der Waals surface area contributed by atoms with E-state index in [1.165, 1.54) is 5.56 Å². The number of hydrogen-bond acceptors (Lipinski definition) is 3. The van der Waals surface area contributed by atoms with Crippen LogP contribution in [0.2, 0.25) is 0 Å². The fraction of sp³-hybridized carbons (Fsp3) is 0.250. The summed E-state index contributed by atoms with van der Waals surface area (Å²) in [5, 5.41) is 7.34. The minimum absolute atomic E-state index is 0.147. The van der Waals surface area contributed by atoms with Crippen molar-refractivity contribution in [3.05, 3.63) is 65.9 Å². The summed E-state index contributed by atoms with van der Waals surface area (Å²) < 4.78 is 5.84. The zero-order valence-corrected chi connectivity index (χ0v) is 14.3. The maximum absolute atomic E-state index is 5.84. The molecule has 0 aliphatic carbocycles. The molecule has 1 aromatic heterocycles. The Labute approximate surface area is 142 Å². The number of aromatic nitrogens is 2. The van der Waals surface area contributed by atoms with Crippen LogP contribution in [0, 0.1) is 0 Å². The molecule has 0 bridgehead atoms. The summed E-state index contributed by atoms with van der Waals surface area (Å²) in [5.41, 5.74) is 10.8. The van der Waals surface area contributed by atoms with Gasteiger partial charge in [-0.05, 0) is 41.3 Å². The third kappa shape index (κ3) is 3.77. The highest BCUT2D eigenvalue weighted by Crippen LogP contribution is 2.25. The molecule has 3 N–H and O–H groups in total. The summed E-state index contributed by atoms with van der Waals surface area (Å²) in [7, 11) is 0. The van der Waals surface area contributed by atoms with Gasteiger partial charge in [0.1, 0.15) is 12.4 Å². The summed E-state index contributed by atoms with van der Waals surface area (Å²) in [6.45, 7) is 7.05. The summed E-state index contributed by atoms with van der Waals surface area (Å²) in [4.78, 5) is 0. The molecule has 3 rings (SSSR count). The van der Waals surface area contributed by atoms with E-state index in [9.17, 15) is 0 Å². The van der Waals surface area contributed by atoms with Crippen LogP contribution in [0.1, 0.15) is 32.0 Å². The van der Waals surface area contributed by atoms with Gasteiger partial charge in [-0.2, -0.15) is 5.10 Å². The SMILES string of the molecule is CC(C)(C)c1ccc(OCc2cc(-c3cccc(N)c3)n[nH]2)cc1. The Kier molecular flexibility index (Phi) is 4.30. The highest BCUT2D eigenvalue weighted by atomic mass is 16.5. The Morgan fingerprint density at radius 1 is 1.04 bits per heavy atom. The number of nitrogen functional groups attached to an aromatic ring is 1. The topological polar surface area (TPSA) is 63.9 Å². The van der Waals surface area contributed by atoms with Crippen LogP contribution in [0.25, 0.3) is 11.3 Å². The lowest BCUT2D eigenvalue weighted by molar-refractivity contribution is 0.301. The molecule has 2 aromatic carbocycles. The van der Waals surface area contributed by atoms with Crippen LogP contribution >= 0.6 is 0 Å². The fourth-order valence-corrected chi connectivity index (χ4v) is 2.49. The van der Waals surface area contributed by atoms with E-state index < -0.39 is 0 Å². The molecule has 1 heterocycles. The van der Waals surface area contributed by atoms with Crippen molar-refractivity contribution in [2.24, 2.45) is 0 Å². The van der Waals surface area contributed by atoms with Crippen LogP contribution in [0.15, 0.2) is 54.6 Å². The molecule has 0 fully saturated rings. The van der Waals surface area contributed by atoms with Crippen LogP contribution in [0.4, 0.5) is 5.69 Å². The smallest absolute Gasteiger partial charge is 0.130 e. The van der Waals surface area contributed by atoms with E-state index in [1.54, 1.807) is 0 Å². The molecule has 24 heavy (non-hydrogen) atoms. The van der Waals surface area contributed by atoms with Gasteiger partial charge in [0.25, 0.3) is 0 Å². The summed E-state index contributed by atoms with van der Waals surface area (Å²) in [5.74, 6) is 0.850. The molecule has 3 aromatic rings. The highest BCUT2D eigenvalue weighted by molar-refractivity contribution is 5.64.